The molecule has 3 N–H and O–H groups in total. The Morgan fingerprint density at radius 1 is 1.23 bits per heavy atom. The molecule has 4 atom stereocenters. The zero-order valence-corrected chi connectivity index (χ0v) is 21.6. The monoisotopic (exact) mass is 495 g/mol. The summed E-state index contributed by atoms with van der Waals surface area (Å²) in [6.45, 7) is 8.60. The zero-order valence-electron chi connectivity index (χ0n) is 21.6. The van der Waals surface area contributed by atoms with Gasteiger partial charge in [0.1, 0.15) is 23.2 Å². The van der Waals surface area contributed by atoms with Crippen LogP contribution >= 0.6 is 0 Å². The predicted molar refractivity (Wildman–Crippen MR) is 129 cm³/mol. The predicted octanol–water partition coefficient (Wildman–Crippen LogP) is 2.19. The minimum absolute atomic E-state index is 0.0332. The number of fused-ring (bicyclic) bond motifs is 1. The molecular weight excluding hydrogens is 454 g/mol. The van der Waals surface area contributed by atoms with E-state index in [1.165, 1.54) is 4.90 Å². The van der Waals surface area contributed by atoms with Crippen LogP contribution in [0, 0.1) is 0 Å². The van der Waals surface area contributed by atoms with E-state index >= 15 is 0 Å². The molecule has 0 radical (unpaired) electrons. The van der Waals surface area contributed by atoms with E-state index in [9.17, 15) is 24.3 Å². The number of carbonyl (C=O) groups is 4. The highest BCUT2D eigenvalue weighted by molar-refractivity contribution is 5.94. The summed E-state index contributed by atoms with van der Waals surface area (Å²) in [6.07, 6.45) is 6.04. The van der Waals surface area contributed by atoms with Crippen LogP contribution in [0.5, 0.6) is 0 Å². The Balaban J connectivity index is 2.32. The Bertz CT molecular complexity index is 807. The van der Waals surface area contributed by atoms with Crippen LogP contribution < -0.4 is 10.6 Å². The average Bonchev–Trinajstić information content (AvgIpc) is 3.14. The normalized spacial score (nSPS) is 29.8. The van der Waals surface area contributed by atoms with E-state index in [0.29, 0.717) is 12.8 Å². The van der Waals surface area contributed by atoms with Crippen LogP contribution in [0.3, 0.4) is 0 Å². The summed E-state index contributed by atoms with van der Waals surface area (Å²) in [5, 5.41) is 15.7. The number of esters is 1. The number of alkyl carbamates (subject to hydrolysis) is 1. The number of aliphatic hydroxyl groups excluding tert-OH is 1. The Morgan fingerprint density at radius 3 is 2.60 bits per heavy atom. The molecule has 10 heteroatoms. The lowest BCUT2D eigenvalue weighted by Gasteiger charge is -2.32. The van der Waals surface area contributed by atoms with Gasteiger partial charge in [0.25, 0.3) is 0 Å². The molecular formula is C25H41N3O7. The van der Waals surface area contributed by atoms with E-state index in [0.717, 1.165) is 19.3 Å². The van der Waals surface area contributed by atoms with Gasteiger partial charge < -0.3 is 30.1 Å². The summed E-state index contributed by atoms with van der Waals surface area (Å²) in [4.78, 5) is 53.3. The molecule has 0 aliphatic carbocycles. The van der Waals surface area contributed by atoms with E-state index < -0.39 is 53.2 Å². The Morgan fingerprint density at radius 2 is 1.94 bits per heavy atom. The summed E-state index contributed by atoms with van der Waals surface area (Å²) in [7, 11) is 0. The van der Waals surface area contributed by atoms with E-state index in [-0.39, 0.29) is 26.0 Å². The van der Waals surface area contributed by atoms with Crippen molar-refractivity contribution in [1.29, 1.82) is 0 Å². The van der Waals surface area contributed by atoms with Crippen LogP contribution in [0.1, 0.15) is 79.6 Å². The van der Waals surface area contributed by atoms with Gasteiger partial charge in [-0.2, -0.15) is 0 Å². The first kappa shape index (κ1) is 28.6. The molecule has 2 rings (SSSR count). The number of allylic oxidation sites excluding steroid dienone is 1. The minimum Gasteiger partial charge on any atom is -0.464 e. The molecule has 10 nitrogen and oxygen atoms in total. The maximum atomic E-state index is 13.5. The van der Waals surface area contributed by atoms with E-state index in [1.807, 2.05) is 12.2 Å². The first-order valence-corrected chi connectivity index (χ1v) is 12.5. The van der Waals surface area contributed by atoms with Gasteiger partial charge in [-0.1, -0.05) is 25.0 Å². The van der Waals surface area contributed by atoms with Crippen molar-refractivity contribution in [3.8, 4) is 0 Å². The van der Waals surface area contributed by atoms with Crippen molar-refractivity contribution in [3.05, 3.63) is 12.2 Å². The number of rotatable bonds is 3. The second kappa shape index (κ2) is 12.4. The van der Waals surface area contributed by atoms with E-state index in [4.69, 9.17) is 9.47 Å². The first-order valence-electron chi connectivity index (χ1n) is 12.5. The number of nitrogens with one attached hydrogen (secondary N) is 2. The number of aliphatic hydroxyl groups is 1. The number of amides is 3. The summed E-state index contributed by atoms with van der Waals surface area (Å²) in [5.41, 5.74) is -2.05. The molecule has 0 aromatic rings. The fourth-order valence-electron chi connectivity index (χ4n) is 4.27. The van der Waals surface area contributed by atoms with Crippen molar-refractivity contribution in [2.75, 3.05) is 13.2 Å². The Labute approximate surface area is 207 Å². The summed E-state index contributed by atoms with van der Waals surface area (Å²) >= 11 is 0. The van der Waals surface area contributed by atoms with Gasteiger partial charge in [-0.3, -0.25) is 9.59 Å². The van der Waals surface area contributed by atoms with Crippen LogP contribution in [0.25, 0.3) is 0 Å². The second-order valence-corrected chi connectivity index (χ2v) is 10.5. The van der Waals surface area contributed by atoms with Crippen molar-refractivity contribution in [3.63, 3.8) is 0 Å². The van der Waals surface area contributed by atoms with Crippen LogP contribution in [0.4, 0.5) is 4.79 Å². The lowest BCUT2D eigenvalue weighted by molar-refractivity contribution is -0.153. The molecule has 1 saturated heterocycles. The van der Waals surface area contributed by atoms with Gasteiger partial charge in [-0.15, -0.1) is 0 Å². The number of nitrogens with zero attached hydrogens (tertiary/aromatic N) is 1. The maximum absolute atomic E-state index is 13.5. The van der Waals surface area contributed by atoms with Crippen molar-refractivity contribution in [2.45, 2.75) is 109 Å². The highest BCUT2D eigenvalue weighted by atomic mass is 16.6. The summed E-state index contributed by atoms with van der Waals surface area (Å²) in [6, 6.07) is -1.88. The fraction of sp³-hybridized carbons (Fsp3) is 0.760. The minimum atomic E-state index is -1.32. The third kappa shape index (κ3) is 8.52. The standard InChI is InChI=1S/C25H41N3O7/c1-6-34-22(32)25(5)14-12-10-8-7-9-11-13-18(26-23(33)35-24(2,3)4)21(31)28-16-17(29)15-19(28)20(30)27-25/h10,12,17-19,29H,6-9,11,13-16H2,1-5H3,(H,26,33)(H,27,30)/b12-10-/t17-,18-,19-,25+/m0/s1. The van der Waals surface area contributed by atoms with Crippen molar-refractivity contribution >= 4 is 23.9 Å². The summed E-state index contributed by atoms with van der Waals surface area (Å²) < 4.78 is 10.5. The molecule has 0 aromatic carbocycles. The Kier molecular flexibility index (Phi) is 10.1. The third-order valence-electron chi connectivity index (χ3n) is 6.04. The van der Waals surface area contributed by atoms with Crippen molar-refractivity contribution in [1.82, 2.24) is 15.5 Å². The van der Waals surface area contributed by atoms with Crippen molar-refractivity contribution < 1.29 is 33.8 Å². The maximum Gasteiger partial charge on any atom is 0.408 e. The molecule has 2 aliphatic rings. The van der Waals surface area contributed by atoms with Gasteiger partial charge in [0, 0.05) is 13.0 Å². The molecule has 2 heterocycles. The largest absolute Gasteiger partial charge is 0.464 e. The second-order valence-electron chi connectivity index (χ2n) is 10.5. The fourth-order valence-corrected chi connectivity index (χ4v) is 4.27. The molecule has 0 unspecified atom stereocenters. The quantitative estimate of drug-likeness (QED) is 0.404. The van der Waals surface area contributed by atoms with E-state index in [1.54, 1.807) is 34.6 Å². The van der Waals surface area contributed by atoms with Gasteiger partial charge in [-0.05, 0) is 60.3 Å². The molecule has 2 aliphatic heterocycles. The van der Waals surface area contributed by atoms with Gasteiger partial charge in [0.05, 0.1) is 12.7 Å². The van der Waals surface area contributed by atoms with Crippen LogP contribution in [-0.2, 0) is 23.9 Å². The number of hydrogen-bond donors (Lipinski definition) is 3. The lowest BCUT2D eigenvalue weighted by Crippen LogP contribution is -2.59. The zero-order chi connectivity index (χ0) is 26.2. The molecule has 35 heavy (non-hydrogen) atoms. The van der Waals surface area contributed by atoms with Gasteiger partial charge >= 0.3 is 12.1 Å². The molecule has 0 saturated carbocycles. The molecule has 0 aromatic heterocycles. The molecule has 198 valence electrons. The lowest BCUT2D eigenvalue weighted by atomic mass is 9.96. The van der Waals surface area contributed by atoms with Crippen molar-refractivity contribution in [2.24, 2.45) is 0 Å². The van der Waals surface area contributed by atoms with Crippen LogP contribution in [0.2, 0.25) is 0 Å². The third-order valence-corrected chi connectivity index (χ3v) is 6.04. The van der Waals surface area contributed by atoms with Gasteiger partial charge in [0.2, 0.25) is 11.8 Å². The van der Waals surface area contributed by atoms with Gasteiger partial charge in [0.15, 0.2) is 0 Å². The van der Waals surface area contributed by atoms with E-state index in [2.05, 4.69) is 10.6 Å². The number of carbonyl (C=O) groups excluding carboxylic acids is 4. The highest BCUT2D eigenvalue weighted by Crippen LogP contribution is 2.24. The molecule has 0 spiro atoms. The first-order chi connectivity index (χ1) is 16.4. The molecule has 0 bridgehead atoms. The Hall–Kier alpha value is -2.62. The molecule has 1 fully saturated rings. The number of ether oxygens (including phenoxy) is 2. The van der Waals surface area contributed by atoms with Gasteiger partial charge in [-0.25, -0.2) is 9.59 Å². The average molecular weight is 496 g/mol. The smallest absolute Gasteiger partial charge is 0.408 e. The SMILES string of the molecule is CCOC(=O)[C@@]1(C)C/C=C\CCCCC[C@H](NC(=O)OC(C)(C)C)C(=O)N2C[C@@H](O)C[C@H]2C(=O)N1. The topological polar surface area (TPSA) is 134 Å². The van der Waals surface area contributed by atoms with Crippen LogP contribution in [-0.4, -0.2) is 76.4 Å². The summed E-state index contributed by atoms with van der Waals surface area (Å²) in [5.74, 6) is -1.58. The highest BCUT2D eigenvalue weighted by Gasteiger charge is 2.45. The molecule has 3 amide bonds. The van der Waals surface area contributed by atoms with Crippen LogP contribution in [0.15, 0.2) is 12.2 Å². The number of hydrogen-bond acceptors (Lipinski definition) is 7.